The molecule has 1 aliphatic carbocycles. The van der Waals surface area contributed by atoms with E-state index in [-0.39, 0.29) is 5.78 Å². The second kappa shape index (κ2) is 8.79. The van der Waals surface area contributed by atoms with Gasteiger partial charge in [-0.1, -0.05) is 66.7 Å². The van der Waals surface area contributed by atoms with Crippen molar-refractivity contribution < 1.29 is 14.3 Å². The molecule has 0 spiro atoms. The third-order valence-electron chi connectivity index (χ3n) is 5.78. The van der Waals surface area contributed by atoms with Crippen molar-refractivity contribution in [2.75, 3.05) is 7.11 Å². The molecule has 32 heavy (non-hydrogen) atoms. The minimum absolute atomic E-state index is 0.103. The molecular weight excluding hydrogens is 511 g/mol. The number of halogens is 1. The molecule has 0 fully saturated rings. The molecule has 0 unspecified atom stereocenters. The average molecular weight is 532 g/mol. The molecule has 0 saturated carbocycles. The molecule has 0 amide bonds. The predicted octanol–water partition coefficient (Wildman–Crippen LogP) is 6.85. The molecule has 4 aromatic carbocycles. The number of ether oxygens (including phenoxy) is 2. The summed E-state index contributed by atoms with van der Waals surface area (Å²) in [5.74, 6) is 1.47. The molecule has 0 N–H and O–H groups in total. The van der Waals surface area contributed by atoms with Crippen LogP contribution in [-0.2, 0) is 13.0 Å². The number of benzene rings is 4. The van der Waals surface area contributed by atoms with Gasteiger partial charge in [0.1, 0.15) is 6.61 Å². The van der Waals surface area contributed by atoms with Crippen LogP contribution >= 0.6 is 22.6 Å². The summed E-state index contributed by atoms with van der Waals surface area (Å²) >= 11 is 2.27. The first kappa shape index (κ1) is 20.8. The Morgan fingerprint density at radius 2 is 1.75 bits per heavy atom. The summed E-state index contributed by atoms with van der Waals surface area (Å²) in [6.45, 7) is 0.446. The SMILES string of the molecule is COc1cc(/C=C2\Cc3ccccc3C2=O)cc(I)c1OCc1cccc2ccccc12. The number of Topliss-reactive ketones (excluding diaryl/α,β-unsaturated/α-hetero) is 1. The third kappa shape index (κ3) is 3.91. The van der Waals surface area contributed by atoms with Gasteiger partial charge in [0, 0.05) is 17.6 Å². The fourth-order valence-electron chi connectivity index (χ4n) is 4.20. The normalized spacial score (nSPS) is 14.1. The van der Waals surface area contributed by atoms with E-state index < -0.39 is 0 Å². The Hall–Kier alpha value is -3.12. The van der Waals surface area contributed by atoms with Gasteiger partial charge in [-0.3, -0.25) is 4.79 Å². The van der Waals surface area contributed by atoms with Gasteiger partial charge in [0.15, 0.2) is 17.3 Å². The molecule has 5 rings (SSSR count). The van der Waals surface area contributed by atoms with E-state index in [2.05, 4.69) is 52.9 Å². The van der Waals surface area contributed by atoms with Crippen molar-refractivity contribution in [1.82, 2.24) is 0 Å². The lowest BCUT2D eigenvalue weighted by Crippen LogP contribution is -2.01. The number of methoxy groups -OCH3 is 1. The summed E-state index contributed by atoms with van der Waals surface area (Å²) in [6.07, 6.45) is 2.62. The molecule has 4 heteroatoms. The average Bonchev–Trinajstić information content (AvgIpc) is 3.13. The Kier molecular flexibility index (Phi) is 5.70. The highest BCUT2D eigenvalue weighted by Crippen LogP contribution is 2.36. The molecule has 158 valence electrons. The second-order valence-corrected chi connectivity index (χ2v) is 8.96. The monoisotopic (exact) mass is 532 g/mol. The molecule has 0 radical (unpaired) electrons. The highest BCUT2D eigenvalue weighted by molar-refractivity contribution is 14.1. The van der Waals surface area contributed by atoms with Crippen LogP contribution in [0.2, 0.25) is 0 Å². The molecule has 1 aliphatic rings. The number of carbonyl (C=O) groups is 1. The van der Waals surface area contributed by atoms with Gasteiger partial charge in [-0.25, -0.2) is 0 Å². The molecule has 0 saturated heterocycles. The van der Waals surface area contributed by atoms with Gasteiger partial charge in [-0.05, 0) is 68.3 Å². The van der Waals surface area contributed by atoms with Gasteiger partial charge in [-0.15, -0.1) is 0 Å². The fourth-order valence-corrected chi connectivity index (χ4v) is 4.98. The van der Waals surface area contributed by atoms with E-state index in [4.69, 9.17) is 9.47 Å². The first-order chi connectivity index (χ1) is 15.6. The van der Waals surface area contributed by atoms with Crippen LogP contribution in [0.5, 0.6) is 11.5 Å². The zero-order valence-corrected chi connectivity index (χ0v) is 19.8. The Morgan fingerprint density at radius 1 is 0.969 bits per heavy atom. The lowest BCUT2D eigenvalue weighted by Gasteiger charge is -2.15. The first-order valence-corrected chi connectivity index (χ1v) is 11.5. The van der Waals surface area contributed by atoms with Gasteiger partial charge in [-0.2, -0.15) is 0 Å². The number of carbonyl (C=O) groups excluding carboxylic acids is 1. The summed E-state index contributed by atoms with van der Waals surface area (Å²) in [6, 6.07) is 26.3. The Bertz CT molecular complexity index is 1370. The zero-order chi connectivity index (χ0) is 22.1. The molecule has 0 aromatic heterocycles. The Labute approximate surface area is 200 Å². The van der Waals surface area contributed by atoms with Crippen LogP contribution in [0.25, 0.3) is 16.8 Å². The zero-order valence-electron chi connectivity index (χ0n) is 17.6. The van der Waals surface area contributed by atoms with Crippen LogP contribution in [-0.4, -0.2) is 12.9 Å². The van der Waals surface area contributed by atoms with Crippen LogP contribution in [0.3, 0.4) is 0 Å². The first-order valence-electron chi connectivity index (χ1n) is 10.4. The maximum Gasteiger partial charge on any atom is 0.189 e. The number of fused-ring (bicyclic) bond motifs is 2. The molecule has 3 nitrogen and oxygen atoms in total. The minimum atomic E-state index is 0.103. The highest BCUT2D eigenvalue weighted by Gasteiger charge is 2.24. The van der Waals surface area contributed by atoms with Crippen molar-refractivity contribution in [3.8, 4) is 11.5 Å². The van der Waals surface area contributed by atoms with Gasteiger partial charge >= 0.3 is 0 Å². The molecular formula is C28H21IO3. The largest absolute Gasteiger partial charge is 0.493 e. The molecule has 0 heterocycles. The van der Waals surface area contributed by atoms with E-state index in [0.717, 1.165) is 31.4 Å². The summed E-state index contributed by atoms with van der Waals surface area (Å²) in [5, 5.41) is 2.38. The van der Waals surface area contributed by atoms with Crippen molar-refractivity contribution in [1.29, 1.82) is 0 Å². The second-order valence-electron chi connectivity index (χ2n) is 7.79. The summed E-state index contributed by atoms with van der Waals surface area (Å²) in [4.78, 5) is 12.7. The van der Waals surface area contributed by atoms with Gasteiger partial charge in [0.2, 0.25) is 0 Å². The van der Waals surface area contributed by atoms with Crippen molar-refractivity contribution in [3.63, 3.8) is 0 Å². The van der Waals surface area contributed by atoms with Crippen LogP contribution in [0, 0.1) is 3.57 Å². The predicted molar refractivity (Wildman–Crippen MR) is 136 cm³/mol. The number of allylic oxidation sites excluding steroid dienone is 1. The Morgan fingerprint density at radius 3 is 2.59 bits per heavy atom. The van der Waals surface area contributed by atoms with Crippen LogP contribution < -0.4 is 9.47 Å². The van der Waals surface area contributed by atoms with E-state index in [0.29, 0.717) is 24.5 Å². The smallest absolute Gasteiger partial charge is 0.189 e. The highest BCUT2D eigenvalue weighted by atomic mass is 127. The van der Waals surface area contributed by atoms with Crippen LogP contribution in [0.4, 0.5) is 0 Å². The fraction of sp³-hybridized carbons (Fsp3) is 0.107. The summed E-state index contributed by atoms with van der Waals surface area (Å²) in [7, 11) is 1.64. The lowest BCUT2D eigenvalue weighted by atomic mass is 10.1. The number of hydrogen-bond donors (Lipinski definition) is 0. The van der Waals surface area contributed by atoms with Crippen molar-refractivity contribution in [2.45, 2.75) is 13.0 Å². The van der Waals surface area contributed by atoms with Crippen molar-refractivity contribution >= 4 is 45.2 Å². The number of hydrogen-bond acceptors (Lipinski definition) is 3. The topological polar surface area (TPSA) is 35.5 Å². The molecule has 0 bridgehead atoms. The van der Waals surface area contributed by atoms with Gasteiger partial charge in [0.25, 0.3) is 0 Å². The molecule has 4 aromatic rings. The number of ketones is 1. The number of rotatable bonds is 5. The summed E-state index contributed by atoms with van der Waals surface area (Å²) < 4.78 is 12.8. The van der Waals surface area contributed by atoms with Crippen LogP contribution in [0.15, 0.2) is 84.4 Å². The summed E-state index contributed by atoms with van der Waals surface area (Å²) in [5.41, 5.74) is 4.74. The van der Waals surface area contributed by atoms with E-state index in [9.17, 15) is 4.79 Å². The standard InChI is InChI=1S/C28H21IO3/c1-31-26-15-18(13-22-16-20-8-3-5-12-24(20)27(22)30)14-25(29)28(26)32-17-21-10-6-9-19-7-2-4-11-23(19)21/h2-15H,16-17H2,1H3/b22-13+. The van der Waals surface area contributed by atoms with Crippen molar-refractivity contribution in [2.24, 2.45) is 0 Å². The molecule has 0 aliphatic heterocycles. The molecule has 0 atom stereocenters. The van der Waals surface area contributed by atoms with E-state index >= 15 is 0 Å². The van der Waals surface area contributed by atoms with E-state index in [1.54, 1.807) is 7.11 Å². The maximum absolute atomic E-state index is 12.7. The lowest BCUT2D eigenvalue weighted by molar-refractivity contribution is 0.104. The minimum Gasteiger partial charge on any atom is -0.493 e. The maximum atomic E-state index is 12.7. The third-order valence-corrected chi connectivity index (χ3v) is 6.58. The quantitative estimate of drug-likeness (QED) is 0.208. The van der Waals surface area contributed by atoms with Crippen LogP contribution in [0.1, 0.15) is 27.0 Å². The van der Waals surface area contributed by atoms with E-state index in [1.807, 2.05) is 54.6 Å². The van der Waals surface area contributed by atoms with E-state index in [1.165, 1.54) is 10.8 Å². The van der Waals surface area contributed by atoms with Gasteiger partial charge < -0.3 is 9.47 Å². The Balaban J connectivity index is 1.42. The van der Waals surface area contributed by atoms with Crippen molar-refractivity contribution in [3.05, 3.63) is 110 Å². The van der Waals surface area contributed by atoms with Gasteiger partial charge in [0.05, 0.1) is 10.7 Å².